The van der Waals surface area contributed by atoms with Gasteiger partial charge in [0.2, 0.25) is 0 Å². The molecule has 1 rings (SSSR count). The van der Waals surface area contributed by atoms with Crippen LogP contribution in [0.25, 0.3) is 0 Å². The highest BCUT2D eigenvalue weighted by Crippen LogP contribution is 2.33. The van der Waals surface area contributed by atoms with E-state index in [1.165, 1.54) is 31.2 Å². The highest BCUT2D eigenvalue weighted by Gasteiger charge is 2.09. The van der Waals surface area contributed by atoms with Gasteiger partial charge in [-0.25, -0.2) is 0 Å². The van der Waals surface area contributed by atoms with Crippen molar-refractivity contribution in [3.05, 3.63) is 26.6 Å². The van der Waals surface area contributed by atoms with Crippen molar-refractivity contribution in [1.29, 1.82) is 0 Å². The number of aromatic hydroxyl groups is 1. The van der Waals surface area contributed by atoms with Gasteiger partial charge in [-0.1, -0.05) is 26.7 Å². The first kappa shape index (κ1) is 17.0. The summed E-state index contributed by atoms with van der Waals surface area (Å²) in [7, 11) is 0. The number of nitrogens with zero attached hydrogens (tertiary/aromatic N) is 1. The van der Waals surface area contributed by atoms with Crippen molar-refractivity contribution in [3.63, 3.8) is 0 Å². The van der Waals surface area contributed by atoms with Crippen LogP contribution in [0.5, 0.6) is 5.75 Å². The number of hydrogen-bond donors (Lipinski definition) is 1. The van der Waals surface area contributed by atoms with Crippen LogP contribution in [-0.2, 0) is 6.54 Å². The summed E-state index contributed by atoms with van der Waals surface area (Å²) < 4.78 is 1.51. The lowest BCUT2D eigenvalue weighted by Crippen LogP contribution is -2.25. The molecule has 0 fully saturated rings. The summed E-state index contributed by atoms with van der Waals surface area (Å²) in [6.45, 7) is 7.69. The monoisotopic (exact) mass is 391 g/mol. The molecule has 0 aromatic heterocycles. The van der Waals surface area contributed by atoms with Gasteiger partial charge in [-0.2, -0.15) is 0 Å². The average molecular weight is 393 g/mol. The van der Waals surface area contributed by atoms with Crippen molar-refractivity contribution in [3.8, 4) is 5.75 Å². The molecule has 4 heteroatoms. The Labute approximate surface area is 133 Å². The third-order valence-electron chi connectivity index (χ3n) is 3.14. The molecule has 1 aromatic carbocycles. The van der Waals surface area contributed by atoms with Crippen LogP contribution in [0.1, 0.15) is 45.1 Å². The summed E-state index contributed by atoms with van der Waals surface area (Å²) in [5, 5.41) is 9.74. The molecule has 108 valence electrons. The van der Waals surface area contributed by atoms with Gasteiger partial charge in [0.05, 0.1) is 8.95 Å². The zero-order chi connectivity index (χ0) is 14.3. The Morgan fingerprint density at radius 3 is 1.89 bits per heavy atom. The van der Waals surface area contributed by atoms with E-state index < -0.39 is 0 Å². The Morgan fingerprint density at radius 2 is 1.47 bits per heavy atom. The van der Waals surface area contributed by atoms with Gasteiger partial charge < -0.3 is 5.11 Å². The molecular weight excluding hydrogens is 370 g/mol. The molecule has 0 aliphatic heterocycles. The van der Waals surface area contributed by atoms with E-state index in [2.05, 4.69) is 50.6 Å². The highest BCUT2D eigenvalue weighted by atomic mass is 79.9. The van der Waals surface area contributed by atoms with Crippen molar-refractivity contribution in [2.24, 2.45) is 0 Å². The minimum Gasteiger partial charge on any atom is -0.506 e. The predicted molar refractivity (Wildman–Crippen MR) is 88.6 cm³/mol. The molecule has 0 atom stereocenters. The number of unbranched alkanes of at least 4 members (excludes halogenated alkanes) is 2. The zero-order valence-corrected chi connectivity index (χ0v) is 14.9. The predicted octanol–water partition coefficient (Wildman–Crippen LogP) is 5.32. The van der Waals surface area contributed by atoms with E-state index in [0.717, 1.165) is 28.6 Å². The molecule has 1 N–H and O–H groups in total. The lowest BCUT2D eigenvalue weighted by atomic mass is 10.2. The van der Waals surface area contributed by atoms with Gasteiger partial charge in [-0.15, -0.1) is 0 Å². The Kier molecular flexibility index (Phi) is 8.03. The second-order valence-electron chi connectivity index (χ2n) is 4.89. The molecular formula is C15H23Br2NO. The quantitative estimate of drug-likeness (QED) is 0.647. The number of rotatable bonds is 8. The number of phenolic OH excluding ortho intramolecular Hbond substituents is 1. The summed E-state index contributed by atoms with van der Waals surface area (Å²) in [5.74, 6) is 0.275. The van der Waals surface area contributed by atoms with Crippen molar-refractivity contribution in [2.45, 2.75) is 46.1 Å². The molecule has 0 aliphatic carbocycles. The number of phenols is 1. The molecule has 0 unspecified atom stereocenters. The number of benzene rings is 1. The number of halogens is 2. The molecule has 0 radical (unpaired) electrons. The maximum Gasteiger partial charge on any atom is 0.143 e. The molecule has 0 amide bonds. The van der Waals surface area contributed by atoms with E-state index in [0.29, 0.717) is 0 Å². The van der Waals surface area contributed by atoms with E-state index in [9.17, 15) is 5.11 Å². The van der Waals surface area contributed by atoms with Crippen LogP contribution in [-0.4, -0.2) is 23.1 Å². The molecule has 2 nitrogen and oxygen atoms in total. The maximum atomic E-state index is 9.74. The SMILES string of the molecule is CCCCN(CCCC)Cc1cc(Br)c(O)c(Br)c1. The molecule has 0 saturated heterocycles. The fourth-order valence-corrected chi connectivity index (χ4v) is 3.28. The summed E-state index contributed by atoms with van der Waals surface area (Å²) in [4.78, 5) is 2.50. The minimum atomic E-state index is 0.275. The zero-order valence-electron chi connectivity index (χ0n) is 11.8. The van der Waals surface area contributed by atoms with Crippen molar-refractivity contribution >= 4 is 31.9 Å². The maximum absolute atomic E-state index is 9.74. The first-order valence-electron chi connectivity index (χ1n) is 6.97. The van der Waals surface area contributed by atoms with E-state index in [1.807, 2.05) is 12.1 Å². The molecule has 0 spiro atoms. The van der Waals surface area contributed by atoms with Crippen LogP contribution >= 0.6 is 31.9 Å². The van der Waals surface area contributed by atoms with Crippen LogP contribution in [0.15, 0.2) is 21.1 Å². The smallest absolute Gasteiger partial charge is 0.143 e. The average Bonchev–Trinajstić information content (AvgIpc) is 2.39. The third-order valence-corrected chi connectivity index (χ3v) is 4.35. The largest absolute Gasteiger partial charge is 0.506 e. The lowest BCUT2D eigenvalue weighted by Gasteiger charge is -2.22. The summed E-state index contributed by atoms with van der Waals surface area (Å²) in [5.41, 5.74) is 1.23. The molecule has 19 heavy (non-hydrogen) atoms. The second-order valence-corrected chi connectivity index (χ2v) is 6.60. The second kappa shape index (κ2) is 8.98. The van der Waals surface area contributed by atoms with Crippen LogP contribution in [0.2, 0.25) is 0 Å². The molecule has 0 aliphatic rings. The van der Waals surface area contributed by atoms with Crippen molar-refractivity contribution in [2.75, 3.05) is 13.1 Å². The first-order chi connectivity index (χ1) is 9.08. The van der Waals surface area contributed by atoms with Gasteiger partial charge in [0.25, 0.3) is 0 Å². The van der Waals surface area contributed by atoms with Gasteiger partial charge in [0.1, 0.15) is 5.75 Å². The standard InChI is InChI=1S/C15H23Br2NO/c1-3-5-7-18(8-6-4-2)11-12-9-13(16)15(19)14(17)10-12/h9-10,19H,3-8,11H2,1-2H3. The van der Waals surface area contributed by atoms with Gasteiger partial charge in [-0.05, 0) is 75.5 Å². The van der Waals surface area contributed by atoms with Gasteiger partial charge in [-0.3, -0.25) is 4.90 Å². The minimum absolute atomic E-state index is 0.275. The van der Waals surface area contributed by atoms with Crippen molar-refractivity contribution in [1.82, 2.24) is 4.90 Å². The molecule has 0 heterocycles. The Morgan fingerprint density at radius 1 is 1.00 bits per heavy atom. The molecule has 0 bridgehead atoms. The number of hydrogen-bond acceptors (Lipinski definition) is 2. The van der Waals surface area contributed by atoms with Crippen LogP contribution in [0.3, 0.4) is 0 Å². The lowest BCUT2D eigenvalue weighted by molar-refractivity contribution is 0.257. The topological polar surface area (TPSA) is 23.5 Å². The summed E-state index contributed by atoms with van der Waals surface area (Å²) in [6.07, 6.45) is 4.94. The van der Waals surface area contributed by atoms with Crippen molar-refractivity contribution < 1.29 is 5.11 Å². The Hall–Kier alpha value is -0.0600. The molecule has 1 aromatic rings. The van der Waals surface area contributed by atoms with E-state index >= 15 is 0 Å². The highest BCUT2D eigenvalue weighted by molar-refractivity contribution is 9.11. The van der Waals surface area contributed by atoms with Gasteiger partial charge in [0, 0.05) is 6.54 Å². The third kappa shape index (κ3) is 5.84. The van der Waals surface area contributed by atoms with E-state index in [4.69, 9.17) is 0 Å². The van der Waals surface area contributed by atoms with Gasteiger partial charge in [0.15, 0.2) is 0 Å². The molecule has 0 saturated carbocycles. The first-order valence-corrected chi connectivity index (χ1v) is 8.56. The van der Waals surface area contributed by atoms with Crippen LogP contribution in [0, 0.1) is 0 Å². The van der Waals surface area contributed by atoms with E-state index in [1.54, 1.807) is 0 Å². The van der Waals surface area contributed by atoms with E-state index in [-0.39, 0.29) is 5.75 Å². The van der Waals surface area contributed by atoms with Crippen LogP contribution in [0.4, 0.5) is 0 Å². The van der Waals surface area contributed by atoms with Gasteiger partial charge >= 0.3 is 0 Å². The van der Waals surface area contributed by atoms with Crippen LogP contribution < -0.4 is 0 Å². The summed E-state index contributed by atoms with van der Waals surface area (Å²) >= 11 is 6.79. The normalized spacial score (nSPS) is 11.2. The Bertz CT molecular complexity index is 365. The fourth-order valence-electron chi connectivity index (χ4n) is 2.00. The Balaban J connectivity index is 2.71. The summed E-state index contributed by atoms with van der Waals surface area (Å²) in [6, 6.07) is 4.01. The fraction of sp³-hybridized carbons (Fsp3) is 0.600.